The van der Waals surface area contributed by atoms with Gasteiger partial charge in [0.15, 0.2) is 0 Å². The van der Waals surface area contributed by atoms with E-state index in [0.29, 0.717) is 17.8 Å². The Morgan fingerprint density at radius 1 is 1.08 bits per heavy atom. The fraction of sp³-hybridized carbons (Fsp3) is 0.350. The third-order valence-electron chi connectivity index (χ3n) is 4.65. The number of ether oxygens (including phenoxy) is 1. The van der Waals surface area contributed by atoms with Crippen LogP contribution in [0.4, 0.5) is 17.1 Å². The smallest absolute Gasteiger partial charge is 0.253 e. The molecule has 3 N–H and O–H groups in total. The van der Waals surface area contributed by atoms with Crippen molar-refractivity contribution in [1.82, 2.24) is 5.32 Å². The van der Waals surface area contributed by atoms with E-state index in [-0.39, 0.29) is 5.91 Å². The van der Waals surface area contributed by atoms with E-state index in [0.717, 1.165) is 43.3 Å². The first-order valence-electron chi connectivity index (χ1n) is 8.94. The number of nitrogens with two attached hydrogens (primary N) is 1. The highest BCUT2D eigenvalue weighted by Crippen LogP contribution is 2.30. The summed E-state index contributed by atoms with van der Waals surface area (Å²) in [4.78, 5) is 17.0. The number of carbonyl (C=O) groups is 1. The predicted molar refractivity (Wildman–Crippen MR) is 106 cm³/mol. The maximum Gasteiger partial charge on any atom is 0.253 e. The molecule has 0 radical (unpaired) electrons. The van der Waals surface area contributed by atoms with Gasteiger partial charge in [0.2, 0.25) is 0 Å². The van der Waals surface area contributed by atoms with Gasteiger partial charge in [0.1, 0.15) is 5.75 Å². The van der Waals surface area contributed by atoms with Crippen LogP contribution in [0, 0.1) is 0 Å². The summed E-state index contributed by atoms with van der Waals surface area (Å²) < 4.78 is 5.48. The lowest BCUT2D eigenvalue weighted by molar-refractivity contribution is 0.0956. The number of para-hydroxylation sites is 2. The van der Waals surface area contributed by atoms with E-state index in [2.05, 4.69) is 21.2 Å². The summed E-state index contributed by atoms with van der Waals surface area (Å²) in [5, 5.41) is 2.87. The van der Waals surface area contributed by atoms with Gasteiger partial charge in [-0.2, -0.15) is 0 Å². The van der Waals surface area contributed by atoms with Crippen molar-refractivity contribution in [2.75, 3.05) is 55.4 Å². The largest absolute Gasteiger partial charge is 0.495 e. The highest BCUT2D eigenvalue weighted by atomic mass is 16.5. The van der Waals surface area contributed by atoms with Crippen molar-refractivity contribution < 1.29 is 9.53 Å². The SMILES string of the molecule is CCNC(=O)c1cc(N)ccc1N1CCN(c2ccccc2OC)CC1. The molecule has 1 aliphatic heterocycles. The van der Waals surface area contributed by atoms with Crippen LogP contribution in [-0.4, -0.2) is 45.7 Å². The van der Waals surface area contributed by atoms with Crippen molar-refractivity contribution >= 4 is 23.0 Å². The Morgan fingerprint density at radius 2 is 1.73 bits per heavy atom. The van der Waals surface area contributed by atoms with Crippen LogP contribution in [0.5, 0.6) is 5.75 Å². The number of methoxy groups -OCH3 is 1. The van der Waals surface area contributed by atoms with Crippen molar-refractivity contribution in [3.8, 4) is 5.75 Å². The zero-order valence-corrected chi connectivity index (χ0v) is 15.4. The Labute approximate surface area is 154 Å². The van der Waals surface area contributed by atoms with E-state index < -0.39 is 0 Å². The molecule has 1 fully saturated rings. The summed E-state index contributed by atoms with van der Waals surface area (Å²) in [6.07, 6.45) is 0. The summed E-state index contributed by atoms with van der Waals surface area (Å²) in [5.74, 6) is 0.804. The summed E-state index contributed by atoms with van der Waals surface area (Å²) in [5.41, 5.74) is 9.18. The Balaban J connectivity index is 1.77. The van der Waals surface area contributed by atoms with Crippen LogP contribution < -0.4 is 25.6 Å². The molecule has 2 aromatic rings. The number of carbonyl (C=O) groups excluding carboxylic acids is 1. The zero-order chi connectivity index (χ0) is 18.5. The molecule has 0 spiro atoms. The van der Waals surface area contributed by atoms with Crippen molar-refractivity contribution in [2.24, 2.45) is 0 Å². The Hall–Kier alpha value is -2.89. The monoisotopic (exact) mass is 354 g/mol. The average molecular weight is 354 g/mol. The van der Waals surface area contributed by atoms with Crippen LogP contribution in [0.3, 0.4) is 0 Å². The number of piperazine rings is 1. The quantitative estimate of drug-likeness (QED) is 0.807. The molecule has 0 aromatic heterocycles. The van der Waals surface area contributed by atoms with Crippen molar-refractivity contribution in [1.29, 1.82) is 0 Å². The van der Waals surface area contributed by atoms with Gasteiger partial charge in [-0.15, -0.1) is 0 Å². The summed E-state index contributed by atoms with van der Waals surface area (Å²) >= 11 is 0. The normalized spacial score (nSPS) is 14.2. The maximum atomic E-state index is 12.4. The van der Waals surface area contributed by atoms with E-state index in [1.54, 1.807) is 13.2 Å². The molecule has 0 atom stereocenters. The maximum absolute atomic E-state index is 12.4. The number of benzene rings is 2. The van der Waals surface area contributed by atoms with Crippen molar-refractivity contribution in [3.63, 3.8) is 0 Å². The lowest BCUT2D eigenvalue weighted by atomic mass is 10.1. The number of nitrogen functional groups attached to an aromatic ring is 1. The number of hydrogen-bond acceptors (Lipinski definition) is 5. The number of rotatable bonds is 5. The number of nitrogens with zero attached hydrogens (tertiary/aromatic N) is 2. The molecule has 0 saturated carbocycles. The second kappa shape index (κ2) is 7.99. The summed E-state index contributed by atoms with van der Waals surface area (Å²) in [6.45, 7) is 5.88. The van der Waals surface area contributed by atoms with E-state index in [1.807, 2.05) is 37.3 Å². The van der Waals surface area contributed by atoms with Gasteiger partial charge in [-0.25, -0.2) is 0 Å². The molecular weight excluding hydrogens is 328 g/mol. The van der Waals surface area contributed by atoms with Crippen LogP contribution >= 0.6 is 0 Å². The summed E-state index contributed by atoms with van der Waals surface area (Å²) in [6, 6.07) is 13.6. The molecular formula is C20H26N4O2. The second-order valence-electron chi connectivity index (χ2n) is 6.28. The van der Waals surface area contributed by atoms with Crippen LogP contribution in [0.2, 0.25) is 0 Å². The van der Waals surface area contributed by atoms with Gasteiger partial charge in [-0.3, -0.25) is 4.79 Å². The van der Waals surface area contributed by atoms with Gasteiger partial charge in [-0.1, -0.05) is 12.1 Å². The molecule has 0 unspecified atom stereocenters. The molecule has 6 nitrogen and oxygen atoms in total. The lowest BCUT2D eigenvalue weighted by Gasteiger charge is -2.38. The molecule has 26 heavy (non-hydrogen) atoms. The predicted octanol–water partition coefficient (Wildman–Crippen LogP) is 2.35. The topological polar surface area (TPSA) is 70.8 Å². The Morgan fingerprint density at radius 3 is 2.38 bits per heavy atom. The molecule has 1 saturated heterocycles. The van der Waals surface area contributed by atoms with E-state index in [9.17, 15) is 4.79 Å². The van der Waals surface area contributed by atoms with Crippen molar-refractivity contribution in [2.45, 2.75) is 6.92 Å². The first-order valence-corrected chi connectivity index (χ1v) is 8.94. The van der Waals surface area contributed by atoms with Gasteiger partial charge < -0.3 is 25.6 Å². The minimum Gasteiger partial charge on any atom is -0.495 e. The molecule has 1 aliphatic rings. The van der Waals surface area contributed by atoms with Crippen LogP contribution in [0.1, 0.15) is 17.3 Å². The first kappa shape index (κ1) is 17.9. The number of amides is 1. The van der Waals surface area contributed by atoms with E-state index in [1.165, 1.54) is 0 Å². The lowest BCUT2D eigenvalue weighted by Crippen LogP contribution is -2.47. The van der Waals surface area contributed by atoms with Crippen LogP contribution in [0.25, 0.3) is 0 Å². The van der Waals surface area contributed by atoms with E-state index in [4.69, 9.17) is 10.5 Å². The standard InChI is InChI=1S/C20H26N4O2/c1-3-22-20(25)16-14-15(21)8-9-17(16)23-10-12-24(13-11-23)18-6-4-5-7-19(18)26-2/h4-9,14H,3,10-13,21H2,1-2H3,(H,22,25). The van der Waals surface area contributed by atoms with Crippen molar-refractivity contribution in [3.05, 3.63) is 48.0 Å². The number of nitrogens with one attached hydrogen (secondary N) is 1. The molecule has 0 bridgehead atoms. The Bertz CT molecular complexity index is 770. The number of anilines is 3. The average Bonchev–Trinajstić information content (AvgIpc) is 2.68. The zero-order valence-electron chi connectivity index (χ0n) is 15.4. The third-order valence-corrected chi connectivity index (χ3v) is 4.65. The summed E-state index contributed by atoms with van der Waals surface area (Å²) in [7, 11) is 1.70. The molecule has 1 heterocycles. The fourth-order valence-corrected chi connectivity index (χ4v) is 3.35. The molecule has 0 aliphatic carbocycles. The number of hydrogen-bond donors (Lipinski definition) is 2. The highest BCUT2D eigenvalue weighted by Gasteiger charge is 2.23. The van der Waals surface area contributed by atoms with Gasteiger partial charge in [0.05, 0.1) is 18.4 Å². The minimum absolute atomic E-state index is 0.0815. The molecule has 138 valence electrons. The highest BCUT2D eigenvalue weighted by molar-refractivity contribution is 6.00. The third kappa shape index (κ3) is 3.69. The van der Waals surface area contributed by atoms with Gasteiger partial charge in [-0.05, 0) is 37.3 Å². The van der Waals surface area contributed by atoms with Gasteiger partial charge in [0.25, 0.3) is 5.91 Å². The molecule has 2 aromatic carbocycles. The van der Waals surface area contributed by atoms with Crippen LogP contribution in [-0.2, 0) is 0 Å². The second-order valence-corrected chi connectivity index (χ2v) is 6.28. The molecule has 6 heteroatoms. The molecule has 1 amide bonds. The van der Waals surface area contributed by atoms with Gasteiger partial charge in [0, 0.05) is 44.1 Å². The molecule has 3 rings (SSSR count). The minimum atomic E-state index is -0.0815. The van der Waals surface area contributed by atoms with E-state index >= 15 is 0 Å². The van der Waals surface area contributed by atoms with Crippen LogP contribution in [0.15, 0.2) is 42.5 Å². The fourth-order valence-electron chi connectivity index (χ4n) is 3.35. The first-order chi connectivity index (χ1) is 12.6. The Kier molecular flexibility index (Phi) is 5.51. The van der Waals surface area contributed by atoms with Gasteiger partial charge >= 0.3 is 0 Å².